The van der Waals surface area contributed by atoms with Crippen LogP contribution in [-0.2, 0) is 4.79 Å². The molecule has 0 aliphatic rings. The van der Waals surface area contributed by atoms with Crippen LogP contribution in [0.15, 0.2) is 18.3 Å². The third-order valence-corrected chi connectivity index (χ3v) is 2.79. The smallest absolute Gasteiger partial charge is 0.212 e. The van der Waals surface area contributed by atoms with E-state index in [0.29, 0.717) is 23.7 Å². The predicted octanol–water partition coefficient (Wildman–Crippen LogP) is 2.07. The Balaban J connectivity index is 2.61. The molecule has 0 unspecified atom stereocenters. The van der Waals surface area contributed by atoms with Gasteiger partial charge in [0.1, 0.15) is 11.6 Å². The maximum Gasteiger partial charge on any atom is 0.212 e. The average molecular weight is 274 g/mol. The summed E-state index contributed by atoms with van der Waals surface area (Å²) < 4.78 is 0. The number of pyridine rings is 2. The van der Waals surface area contributed by atoms with Crippen molar-refractivity contribution >= 4 is 28.8 Å². The van der Waals surface area contributed by atoms with Gasteiger partial charge in [-0.15, -0.1) is 0 Å². The zero-order valence-electron chi connectivity index (χ0n) is 11.7. The Labute approximate surface area is 117 Å². The zero-order chi connectivity index (χ0) is 14.7. The number of anilines is 2. The van der Waals surface area contributed by atoms with Gasteiger partial charge in [-0.05, 0) is 32.9 Å². The van der Waals surface area contributed by atoms with Crippen molar-refractivity contribution in [3.8, 4) is 0 Å². The fraction of sp³-hybridized carbons (Fsp3) is 0.357. The summed E-state index contributed by atoms with van der Waals surface area (Å²) in [6.07, 6.45) is 1.58. The van der Waals surface area contributed by atoms with E-state index in [1.807, 2.05) is 13.8 Å². The summed E-state index contributed by atoms with van der Waals surface area (Å²) in [6.45, 7) is 5.69. The van der Waals surface area contributed by atoms with Crippen LogP contribution in [0.4, 0.5) is 11.6 Å². The SMILES string of the molecule is CC(C)Nc1nc([C@@H](C)O)cc2cnc(NC=O)cc12. The fourth-order valence-electron chi connectivity index (χ4n) is 1.90. The summed E-state index contributed by atoms with van der Waals surface area (Å²) in [5, 5.41) is 17.2. The van der Waals surface area contributed by atoms with E-state index in [1.165, 1.54) is 0 Å². The molecule has 0 aromatic carbocycles. The molecule has 0 radical (unpaired) electrons. The molecule has 106 valence electrons. The molecule has 1 atom stereocenters. The highest BCUT2D eigenvalue weighted by Gasteiger charge is 2.11. The van der Waals surface area contributed by atoms with Gasteiger partial charge in [0.15, 0.2) is 0 Å². The second-order valence-corrected chi connectivity index (χ2v) is 4.92. The minimum absolute atomic E-state index is 0.200. The van der Waals surface area contributed by atoms with E-state index < -0.39 is 6.10 Å². The quantitative estimate of drug-likeness (QED) is 0.726. The third kappa shape index (κ3) is 3.03. The molecule has 0 aliphatic heterocycles. The van der Waals surface area contributed by atoms with Crippen LogP contribution >= 0.6 is 0 Å². The lowest BCUT2D eigenvalue weighted by molar-refractivity contribution is -0.105. The van der Waals surface area contributed by atoms with Crippen LogP contribution < -0.4 is 10.6 Å². The van der Waals surface area contributed by atoms with Gasteiger partial charge >= 0.3 is 0 Å². The number of nitrogens with zero attached hydrogens (tertiary/aromatic N) is 2. The van der Waals surface area contributed by atoms with E-state index in [2.05, 4.69) is 20.6 Å². The van der Waals surface area contributed by atoms with Crippen LogP contribution in [0.2, 0.25) is 0 Å². The standard InChI is InChI=1S/C14H18N4O2/c1-8(2)17-14-11-5-13(16-7-19)15-6-10(11)4-12(18-14)9(3)20/h4-9,20H,1-3H3,(H,17,18)(H,15,16,19)/t9-/m1/s1. The van der Waals surface area contributed by atoms with Gasteiger partial charge in [-0.2, -0.15) is 0 Å². The molecule has 0 fully saturated rings. The molecule has 2 rings (SSSR count). The Morgan fingerprint density at radius 1 is 1.30 bits per heavy atom. The molecule has 3 N–H and O–H groups in total. The Hall–Kier alpha value is -2.21. The van der Waals surface area contributed by atoms with Crippen LogP contribution in [0.25, 0.3) is 10.8 Å². The van der Waals surface area contributed by atoms with Gasteiger partial charge in [-0.25, -0.2) is 9.97 Å². The molecule has 0 saturated heterocycles. The first-order chi connectivity index (χ1) is 9.51. The van der Waals surface area contributed by atoms with Crippen LogP contribution in [0.5, 0.6) is 0 Å². The van der Waals surface area contributed by atoms with Crippen molar-refractivity contribution in [3.05, 3.63) is 24.0 Å². The number of hydrogen-bond donors (Lipinski definition) is 3. The molecule has 0 spiro atoms. The first-order valence-electron chi connectivity index (χ1n) is 6.46. The third-order valence-electron chi connectivity index (χ3n) is 2.79. The van der Waals surface area contributed by atoms with Crippen LogP contribution in [0, 0.1) is 0 Å². The highest BCUT2D eigenvalue weighted by Crippen LogP contribution is 2.27. The van der Waals surface area contributed by atoms with E-state index in [4.69, 9.17) is 0 Å². The molecule has 0 saturated carbocycles. The van der Waals surface area contributed by atoms with Gasteiger partial charge < -0.3 is 15.7 Å². The lowest BCUT2D eigenvalue weighted by atomic mass is 10.1. The molecule has 2 aromatic rings. The minimum atomic E-state index is -0.653. The number of rotatable bonds is 5. The van der Waals surface area contributed by atoms with Gasteiger partial charge in [0.25, 0.3) is 0 Å². The van der Waals surface area contributed by atoms with Crippen molar-refractivity contribution < 1.29 is 9.90 Å². The first-order valence-corrected chi connectivity index (χ1v) is 6.46. The van der Waals surface area contributed by atoms with Gasteiger partial charge in [0.2, 0.25) is 6.41 Å². The predicted molar refractivity (Wildman–Crippen MR) is 78.6 cm³/mol. The number of aromatic nitrogens is 2. The molecule has 0 aliphatic carbocycles. The first kappa shape index (κ1) is 14.2. The number of fused-ring (bicyclic) bond motifs is 1. The highest BCUT2D eigenvalue weighted by molar-refractivity contribution is 5.94. The molecule has 6 heteroatoms. The lowest BCUT2D eigenvalue weighted by Gasteiger charge is -2.15. The molecule has 1 amide bonds. The maximum atomic E-state index is 10.5. The molecule has 20 heavy (non-hydrogen) atoms. The fourth-order valence-corrected chi connectivity index (χ4v) is 1.90. The summed E-state index contributed by atoms with van der Waals surface area (Å²) in [5.41, 5.74) is 0.582. The largest absolute Gasteiger partial charge is 0.387 e. The van der Waals surface area contributed by atoms with Crippen molar-refractivity contribution in [3.63, 3.8) is 0 Å². The summed E-state index contributed by atoms with van der Waals surface area (Å²) in [7, 11) is 0. The Bertz CT molecular complexity index is 626. The van der Waals surface area contributed by atoms with Crippen LogP contribution in [-0.4, -0.2) is 27.5 Å². The van der Waals surface area contributed by atoms with Gasteiger partial charge in [0, 0.05) is 23.0 Å². The minimum Gasteiger partial charge on any atom is -0.387 e. The molecular formula is C14H18N4O2. The Morgan fingerprint density at radius 2 is 2.05 bits per heavy atom. The van der Waals surface area contributed by atoms with Crippen molar-refractivity contribution in [2.45, 2.75) is 32.9 Å². The van der Waals surface area contributed by atoms with Crippen LogP contribution in [0.3, 0.4) is 0 Å². The maximum absolute atomic E-state index is 10.5. The van der Waals surface area contributed by atoms with E-state index in [-0.39, 0.29) is 6.04 Å². The normalized spacial score (nSPS) is 12.4. The summed E-state index contributed by atoms with van der Waals surface area (Å²) in [5.74, 6) is 1.13. The van der Waals surface area contributed by atoms with Gasteiger partial charge in [0.05, 0.1) is 11.8 Å². The number of aliphatic hydroxyl groups excluding tert-OH is 1. The van der Waals surface area contributed by atoms with Crippen molar-refractivity contribution in [2.24, 2.45) is 0 Å². The summed E-state index contributed by atoms with van der Waals surface area (Å²) in [4.78, 5) is 19.1. The summed E-state index contributed by atoms with van der Waals surface area (Å²) in [6, 6.07) is 3.75. The number of amides is 1. The molecule has 2 heterocycles. The monoisotopic (exact) mass is 274 g/mol. The topological polar surface area (TPSA) is 87.1 Å². The van der Waals surface area contributed by atoms with Crippen molar-refractivity contribution in [1.82, 2.24) is 9.97 Å². The molecule has 0 bridgehead atoms. The molecule has 2 aromatic heterocycles. The second-order valence-electron chi connectivity index (χ2n) is 4.92. The Kier molecular flexibility index (Phi) is 4.14. The number of aliphatic hydroxyl groups is 1. The van der Waals surface area contributed by atoms with E-state index in [1.54, 1.807) is 25.3 Å². The Morgan fingerprint density at radius 3 is 2.65 bits per heavy atom. The molecule has 6 nitrogen and oxygen atoms in total. The summed E-state index contributed by atoms with van der Waals surface area (Å²) >= 11 is 0. The van der Waals surface area contributed by atoms with Crippen LogP contribution in [0.1, 0.15) is 32.6 Å². The number of carbonyl (C=O) groups excluding carboxylic acids is 1. The van der Waals surface area contributed by atoms with E-state index >= 15 is 0 Å². The van der Waals surface area contributed by atoms with Gasteiger partial charge in [-0.1, -0.05) is 0 Å². The lowest BCUT2D eigenvalue weighted by Crippen LogP contribution is -2.13. The van der Waals surface area contributed by atoms with E-state index in [9.17, 15) is 9.90 Å². The van der Waals surface area contributed by atoms with Gasteiger partial charge in [-0.3, -0.25) is 4.79 Å². The number of carbonyl (C=O) groups is 1. The highest BCUT2D eigenvalue weighted by atomic mass is 16.3. The van der Waals surface area contributed by atoms with Crippen molar-refractivity contribution in [1.29, 1.82) is 0 Å². The van der Waals surface area contributed by atoms with E-state index in [0.717, 1.165) is 10.8 Å². The number of hydrogen-bond acceptors (Lipinski definition) is 5. The second kappa shape index (κ2) is 5.83. The van der Waals surface area contributed by atoms with Crippen molar-refractivity contribution in [2.75, 3.05) is 10.6 Å². The zero-order valence-corrected chi connectivity index (χ0v) is 11.7. The average Bonchev–Trinajstić information content (AvgIpc) is 2.38. The molecular weight excluding hydrogens is 256 g/mol. The number of nitrogens with one attached hydrogen (secondary N) is 2.